The maximum atomic E-state index is 11.9. The number of benzene rings is 1. The topological polar surface area (TPSA) is 29.1 Å². The molecule has 1 N–H and O–H groups in total. The molecule has 0 aliphatic rings. The first-order valence-corrected chi connectivity index (χ1v) is 7.10. The Labute approximate surface area is 122 Å². The normalized spacial score (nSPS) is 10.3. The largest absolute Gasteiger partial charge is 0.320 e. The van der Waals surface area contributed by atoms with Crippen LogP contribution in [0.4, 0.5) is 5.69 Å². The number of carbonyl (C=O) groups excluding carboxylic acids is 1. The van der Waals surface area contributed by atoms with Gasteiger partial charge in [0.15, 0.2) is 0 Å². The Morgan fingerprint density at radius 3 is 2.76 bits per heavy atom. The van der Waals surface area contributed by atoms with Gasteiger partial charge in [0.25, 0.3) is 5.91 Å². The number of thiophene rings is 1. The minimum absolute atomic E-state index is 0.181. The summed E-state index contributed by atoms with van der Waals surface area (Å²) in [5.41, 5.74) is 0.592. The SMILES string of the molecule is O=C(Nc1ccc(Br)cc1Cl)c1cc(S)cs1. The second-order valence-electron chi connectivity index (χ2n) is 3.25. The minimum Gasteiger partial charge on any atom is -0.320 e. The van der Waals surface area contributed by atoms with Crippen LogP contribution in [0.15, 0.2) is 39.0 Å². The Morgan fingerprint density at radius 2 is 2.18 bits per heavy atom. The molecule has 0 saturated heterocycles. The summed E-state index contributed by atoms with van der Waals surface area (Å²) in [5, 5.41) is 5.05. The lowest BCUT2D eigenvalue weighted by Crippen LogP contribution is -2.10. The molecular weight excluding hydrogens is 342 g/mol. The highest BCUT2D eigenvalue weighted by Gasteiger charge is 2.10. The van der Waals surface area contributed by atoms with Crippen LogP contribution in [0, 0.1) is 0 Å². The monoisotopic (exact) mass is 347 g/mol. The molecule has 2 nitrogen and oxygen atoms in total. The van der Waals surface area contributed by atoms with Crippen molar-refractivity contribution in [3.05, 3.63) is 44.0 Å². The second-order valence-corrected chi connectivity index (χ2v) is 6.00. The van der Waals surface area contributed by atoms with Gasteiger partial charge in [0, 0.05) is 14.7 Å². The van der Waals surface area contributed by atoms with E-state index in [4.69, 9.17) is 11.6 Å². The Balaban J connectivity index is 2.18. The molecule has 1 amide bonds. The van der Waals surface area contributed by atoms with Crippen molar-refractivity contribution in [3.8, 4) is 0 Å². The third-order valence-electron chi connectivity index (χ3n) is 1.99. The molecule has 0 bridgehead atoms. The van der Waals surface area contributed by atoms with Crippen molar-refractivity contribution in [2.24, 2.45) is 0 Å². The van der Waals surface area contributed by atoms with Crippen molar-refractivity contribution in [2.45, 2.75) is 4.90 Å². The predicted molar refractivity (Wildman–Crippen MR) is 78.7 cm³/mol. The highest BCUT2D eigenvalue weighted by Crippen LogP contribution is 2.27. The molecule has 0 aliphatic heterocycles. The predicted octanol–water partition coefficient (Wildman–Crippen LogP) is 4.71. The van der Waals surface area contributed by atoms with E-state index in [1.165, 1.54) is 11.3 Å². The molecule has 1 heterocycles. The Hall–Kier alpha value is -0.490. The van der Waals surface area contributed by atoms with Crippen LogP contribution in [0.1, 0.15) is 9.67 Å². The first-order valence-electron chi connectivity index (χ1n) is 4.60. The molecule has 0 spiro atoms. The molecule has 0 aliphatic carbocycles. The van der Waals surface area contributed by atoms with Gasteiger partial charge in [-0.25, -0.2) is 0 Å². The van der Waals surface area contributed by atoms with Crippen molar-refractivity contribution in [2.75, 3.05) is 5.32 Å². The van der Waals surface area contributed by atoms with Gasteiger partial charge in [-0.15, -0.1) is 24.0 Å². The summed E-state index contributed by atoms with van der Waals surface area (Å²) < 4.78 is 0.870. The molecule has 0 unspecified atom stereocenters. The van der Waals surface area contributed by atoms with Gasteiger partial charge < -0.3 is 5.32 Å². The van der Waals surface area contributed by atoms with Crippen LogP contribution in [0.2, 0.25) is 5.02 Å². The molecule has 88 valence electrons. The quantitative estimate of drug-likeness (QED) is 0.756. The molecule has 1 aromatic carbocycles. The summed E-state index contributed by atoms with van der Waals surface area (Å²) in [4.78, 5) is 13.2. The standard InChI is InChI=1S/C11H7BrClNOS2/c12-6-1-2-9(8(13)3-6)14-11(15)10-4-7(16)5-17-10/h1-5,16H,(H,14,15). The van der Waals surface area contributed by atoms with Gasteiger partial charge in [0.05, 0.1) is 15.6 Å². The summed E-state index contributed by atoms with van der Waals surface area (Å²) in [6.07, 6.45) is 0. The number of hydrogen-bond acceptors (Lipinski definition) is 3. The first-order chi connectivity index (χ1) is 8.06. The first kappa shape index (κ1) is 13.0. The zero-order chi connectivity index (χ0) is 12.4. The molecule has 2 aromatic rings. The number of amides is 1. The molecule has 0 fully saturated rings. The zero-order valence-electron chi connectivity index (χ0n) is 8.41. The van der Waals surface area contributed by atoms with E-state index in [1.807, 2.05) is 6.07 Å². The van der Waals surface area contributed by atoms with Gasteiger partial charge in [0.2, 0.25) is 0 Å². The van der Waals surface area contributed by atoms with Crippen LogP contribution in [-0.2, 0) is 0 Å². The van der Waals surface area contributed by atoms with Crippen LogP contribution in [0.5, 0.6) is 0 Å². The maximum Gasteiger partial charge on any atom is 0.265 e. The Bertz CT molecular complexity index is 570. The molecule has 6 heteroatoms. The molecule has 17 heavy (non-hydrogen) atoms. The number of anilines is 1. The molecule has 0 saturated carbocycles. The third-order valence-corrected chi connectivity index (χ3v) is 4.16. The fraction of sp³-hybridized carbons (Fsp3) is 0. The van der Waals surface area contributed by atoms with E-state index in [0.29, 0.717) is 15.6 Å². The van der Waals surface area contributed by atoms with Gasteiger partial charge in [0.1, 0.15) is 0 Å². The van der Waals surface area contributed by atoms with Gasteiger partial charge >= 0.3 is 0 Å². The number of halogens is 2. The van der Waals surface area contributed by atoms with Crippen molar-refractivity contribution in [1.82, 2.24) is 0 Å². The minimum atomic E-state index is -0.181. The van der Waals surface area contributed by atoms with E-state index in [2.05, 4.69) is 33.9 Å². The van der Waals surface area contributed by atoms with E-state index in [1.54, 1.807) is 23.6 Å². The second kappa shape index (κ2) is 5.44. The summed E-state index contributed by atoms with van der Waals surface area (Å²) in [5.74, 6) is -0.181. The lowest BCUT2D eigenvalue weighted by Gasteiger charge is -2.06. The molecule has 0 atom stereocenters. The van der Waals surface area contributed by atoms with Gasteiger partial charge in [-0.05, 0) is 24.3 Å². The number of thiol groups is 1. The van der Waals surface area contributed by atoms with E-state index in [9.17, 15) is 4.79 Å². The van der Waals surface area contributed by atoms with Gasteiger partial charge in [-0.3, -0.25) is 4.79 Å². The van der Waals surface area contributed by atoms with Crippen LogP contribution in [0.25, 0.3) is 0 Å². The fourth-order valence-electron chi connectivity index (χ4n) is 1.22. The number of nitrogens with one attached hydrogen (secondary N) is 1. The smallest absolute Gasteiger partial charge is 0.265 e. The fourth-order valence-corrected chi connectivity index (χ4v) is 2.98. The summed E-state index contributed by atoms with van der Waals surface area (Å²) in [6, 6.07) is 7.02. The van der Waals surface area contributed by atoms with E-state index < -0.39 is 0 Å². The summed E-state index contributed by atoms with van der Waals surface area (Å²) >= 11 is 14.8. The number of rotatable bonds is 2. The average Bonchev–Trinajstić information content (AvgIpc) is 2.69. The van der Waals surface area contributed by atoms with Crippen molar-refractivity contribution < 1.29 is 4.79 Å². The summed E-state index contributed by atoms with van der Waals surface area (Å²) in [6.45, 7) is 0. The van der Waals surface area contributed by atoms with E-state index in [0.717, 1.165) is 9.37 Å². The van der Waals surface area contributed by atoms with Crippen molar-refractivity contribution in [1.29, 1.82) is 0 Å². The van der Waals surface area contributed by atoms with Crippen LogP contribution in [0.3, 0.4) is 0 Å². The zero-order valence-corrected chi connectivity index (χ0v) is 12.5. The molecule has 0 radical (unpaired) electrons. The van der Waals surface area contributed by atoms with Crippen molar-refractivity contribution in [3.63, 3.8) is 0 Å². The maximum absolute atomic E-state index is 11.9. The molecular formula is C11H7BrClNOS2. The Kier molecular flexibility index (Phi) is 4.14. The van der Waals surface area contributed by atoms with Crippen molar-refractivity contribution >= 4 is 63.1 Å². The van der Waals surface area contributed by atoms with E-state index in [-0.39, 0.29) is 5.91 Å². The average molecular weight is 349 g/mol. The van der Waals surface area contributed by atoms with Crippen LogP contribution >= 0.6 is 51.5 Å². The lowest BCUT2D eigenvalue weighted by molar-refractivity contribution is 0.103. The van der Waals surface area contributed by atoms with E-state index >= 15 is 0 Å². The van der Waals surface area contributed by atoms with Gasteiger partial charge in [-0.1, -0.05) is 27.5 Å². The van der Waals surface area contributed by atoms with Gasteiger partial charge in [-0.2, -0.15) is 0 Å². The molecule has 2 rings (SSSR count). The molecule has 1 aromatic heterocycles. The number of hydrogen-bond donors (Lipinski definition) is 2. The highest BCUT2D eigenvalue weighted by molar-refractivity contribution is 9.10. The Morgan fingerprint density at radius 1 is 1.41 bits per heavy atom. The number of carbonyl (C=O) groups is 1. The highest BCUT2D eigenvalue weighted by atomic mass is 79.9. The third kappa shape index (κ3) is 3.25. The lowest BCUT2D eigenvalue weighted by atomic mass is 10.3. The van der Waals surface area contributed by atoms with Crippen LogP contribution in [-0.4, -0.2) is 5.91 Å². The van der Waals surface area contributed by atoms with Crippen LogP contribution < -0.4 is 5.32 Å². The summed E-state index contributed by atoms with van der Waals surface area (Å²) in [7, 11) is 0.